The van der Waals surface area contributed by atoms with E-state index in [-0.39, 0.29) is 11.9 Å². The lowest BCUT2D eigenvalue weighted by Crippen LogP contribution is -2.05. The second kappa shape index (κ2) is 4.35. The Morgan fingerprint density at radius 1 is 1.33 bits per heavy atom. The van der Waals surface area contributed by atoms with Crippen LogP contribution in [0.5, 0.6) is 0 Å². The number of rotatable bonds is 3. The number of anilines is 1. The summed E-state index contributed by atoms with van der Waals surface area (Å²) < 4.78 is 16.6. The molecule has 1 unspecified atom stereocenters. The minimum atomic E-state index is -0.220. The third-order valence-electron chi connectivity index (χ3n) is 2.07. The molecule has 2 rings (SSSR count). The lowest BCUT2D eigenvalue weighted by Gasteiger charge is -2.12. The lowest BCUT2D eigenvalue weighted by molar-refractivity contribution is 0.626. The first-order valence-electron chi connectivity index (χ1n) is 4.54. The summed E-state index contributed by atoms with van der Waals surface area (Å²) >= 11 is 1.30. The molecule has 0 saturated heterocycles. The maximum absolute atomic E-state index is 12.7. The number of hydrogen-bond acceptors (Lipinski definition) is 4. The first-order valence-corrected chi connectivity index (χ1v) is 5.32. The molecule has 0 spiro atoms. The van der Waals surface area contributed by atoms with Crippen LogP contribution in [0.2, 0.25) is 0 Å². The van der Waals surface area contributed by atoms with Crippen molar-refractivity contribution < 1.29 is 4.39 Å². The van der Waals surface area contributed by atoms with Crippen LogP contribution < -0.4 is 5.32 Å². The molecule has 1 heterocycles. The van der Waals surface area contributed by atoms with Crippen molar-refractivity contribution in [1.82, 2.24) is 9.36 Å². The predicted octanol–water partition coefficient (Wildman–Crippen LogP) is 2.85. The standard InChI is InChI=1S/C10H10FN3S/c1-7(14-10-12-6-13-15-10)8-2-4-9(11)5-3-8/h2-7H,1H3,(H,12,13,14). The third-order valence-corrected chi connectivity index (χ3v) is 2.67. The lowest BCUT2D eigenvalue weighted by atomic mass is 10.1. The van der Waals surface area contributed by atoms with Crippen LogP contribution in [0.25, 0.3) is 0 Å². The molecule has 1 aromatic carbocycles. The third kappa shape index (κ3) is 2.50. The molecule has 15 heavy (non-hydrogen) atoms. The second-order valence-corrected chi connectivity index (χ2v) is 3.94. The van der Waals surface area contributed by atoms with Crippen molar-refractivity contribution in [2.75, 3.05) is 5.32 Å². The fourth-order valence-corrected chi connectivity index (χ4v) is 1.77. The molecule has 0 aliphatic carbocycles. The van der Waals surface area contributed by atoms with Crippen LogP contribution in [-0.2, 0) is 0 Å². The Balaban J connectivity index is 2.08. The van der Waals surface area contributed by atoms with E-state index in [0.29, 0.717) is 0 Å². The first-order chi connectivity index (χ1) is 7.25. The zero-order valence-electron chi connectivity index (χ0n) is 8.14. The number of benzene rings is 1. The summed E-state index contributed by atoms with van der Waals surface area (Å²) in [5.41, 5.74) is 1.02. The van der Waals surface area contributed by atoms with Gasteiger partial charge in [-0.1, -0.05) is 12.1 Å². The van der Waals surface area contributed by atoms with E-state index >= 15 is 0 Å². The molecular weight excluding hydrogens is 213 g/mol. The van der Waals surface area contributed by atoms with Crippen LogP contribution in [0.3, 0.4) is 0 Å². The monoisotopic (exact) mass is 223 g/mol. The zero-order chi connectivity index (χ0) is 10.7. The zero-order valence-corrected chi connectivity index (χ0v) is 8.96. The quantitative estimate of drug-likeness (QED) is 0.869. The van der Waals surface area contributed by atoms with Crippen molar-refractivity contribution in [3.8, 4) is 0 Å². The average Bonchev–Trinajstić information content (AvgIpc) is 2.71. The average molecular weight is 223 g/mol. The van der Waals surface area contributed by atoms with Crippen LogP contribution in [0.15, 0.2) is 30.6 Å². The van der Waals surface area contributed by atoms with E-state index in [1.165, 1.54) is 30.0 Å². The number of hydrogen-bond donors (Lipinski definition) is 1. The van der Waals surface area contributed by atoms with Crippen molar-refractivity contribution in [3.63, 3.8) is 0 Å². The minimum absolute atomic E-state index is 0.0959. The van der Waals surface area contributed by atoms with E-state index in [4.69, 9.17) is 0 Å². The van der Waals surface area contributed by atoms with Crippen LogP contribution >= 0.6 is 11.5 Å². The Morgan fingerprint density at radius 3 is 2.67 bits per heavy atom. The summed E-state index contributed by atoms with van der Waals surface area (Å²) in [6.45, 7) is 1.99. The highest BCUT2D eigenvalue weighted by Crippen LogP contribution is 2.19. The summed E-state index contributed by atoms with van der Waals surface area (Å²) in [5, 5.41) is 3.95. The van der Waals surface area contributed by atoms with Crippen molar-refractivity contribution >= 4 is 16.7 Å². The molecule has 78 valence electrons. The summed E-state index contributed by atoms with van der Waals surface area (Å²) in [4.78, 5) is 4.02. The van der Waals surface area contributed by atoms with Gasteiger partial charge in [0.1, 0.15) is 12.1 Å². The molecule has 1 N–H and O–H groups in total. The maximum atomic E-state index is 12.7. The molecule has 1 aromatic heterocycles. The number of halogens is 1. The summed E-state index contributed by atoms with van der Waals surface area (Å²) in [7, 11) is 0. The highest BCUT2D eigenvalue weighted by Gasteiger charge is 2.06. The fraction of sp³-hybridized carbons (Fsp3) is 0.200. The van der Waals surface area contributed by atoms with E-state index in [0.717, 1.165) is 10.7 Å². The van der Waals surface area contributed by atoms with Gasteiger partial charge in [-0.2, -0.15) is 4.37 Å². The van der Waals surface area contributed by atoms with E-state index < -0.39 is 0 Å². The summed E-state index contributed by atoms with van der Waals surface area (Å²) in [6.07, 6.45) is 1.50. The van der Waals surface area contributed by atoms with E-state index in [1.54, 1.807) is 12.1 Å². The molecule has 0 fully saturated rings. The van der Waals surface area contributed by atoms with Gasteiger partial charge in [0.05, 0.1) is 6.04 Å². The van der Waals surface area contributed by atoms with E-state index in [1.807, 2.05) is 6.92 Å². The first kappa shape index (κ1) is 10.0. The van der Waals surface area contributed by atoms with Gasteiger partial charge in [0.2, 0.25) is 5.13 Å². The Bertz CT molecular complexity index is 413. The van der Waals surface area contributed by atoms with Gasteiger partial charge in [-0.15, -0.1) is 0 Å². The van der Waals surface area contributed by atoms with Crippen LogP contribution in [0, 0.1) is 5.82 Å². The number of aromatic nitrogens is 2. The fourth-order valence-electron chi connectivity index (χ4n) is 1.26. The Kier molecular flexibility index (Phi) is 2.91. The van der Waals surface area contributed by atoms with Crippen LogP contribution in [-0.4, -0.2) is 9.36 Å². The Hall–Kier alpha value is -1.49. The summed E-state index contributed by atoms with van der Waals surface area (Å²) in [6, 6.07) is 6.52. The van der Waals surface area contributed by atoms with Gasteiger partial charge in [-0.3, -0.25) is 0 Å². The second-order valence-electron chi connectivity index (χ2n) is 3.16. The molecule has 0 aliphatic rings. The molecular formula is C10H10FN3S. The van der Waals surface area contributed by atoms with Gasteiger partial charge in [-0.25, -0.2) is 9.37 Å². The van der Waals surface area contributed by atoms with E-state index in [2.05, 4.69) is 14.7 Å². The predicted molar refractivity (Wildman–Crippen MR) is 58.3 cm³/mol. The Morgan fingerprint density at radius 2 is 2.07 bits per heavy atom. The SMILES string of the molecule is CC(Nc1ncns1)c1ccc(F)cc1. The molecule has 0 aliphatic heterocycles. The molecule has 0 saturated carbocycles. The maximum Gasteiger partial charge on any atom is 0.202 e. The highest BCUT2D eigenvalue weighted by atomic mass is 32.1. The van der Waals surface area contributed by atoms with Gasteiger partial charge in [0, 0.05) is 11.5 Å². The normalized spacial score (nSPS) is 12.4. The molecule has 2 aromatic rings. The van der Waals surface area contributed by atoms with Crippen molar-refractivity contribution in [2.24, 2.45) is 0 Å². The number of nitrogens with one attached hydrogen (secondary N) is 1. The minimum Gasteiger partial charge on any atom is -0.354 e. The van der Waals surface area contributed by atoms with Gasteiger partial charge in [0.15, 0.2) is 0 Å². The van der Waals surface area contributed by atoms with Gasteiger partial charge in [0.25, 0.3) is 0 Å². The number of nitrogens with zero attached hydrogens (tertiary/aromatic N) is 2. The molecule has 1 atom stereocenters. The molecule has 0 radical (unpaired) electrons. The molecule has 5 heteroatoms. The molecule has 0 amide bonds. The molecule has 0 bridgehead atoms. The Labute approximate surface area is 91.2 Å². The summed E-state index contributed by atoms with van der Waals surface area (Å²) in [5.74, 6) is -0.220. The molecule has 3 nitrogen and oxygen atoms in total. The van der Waals surface area contributed by atoms with E-state index in [9.17, 15) is 4.39 Å². The van der Waals surface area contributed by atoms with Crippen molar-refractivity contribution in [1.29, 1.82) is 0 Å². The van der Waals surface area contributed by atoms with Gasteiger partial charge >= 0.3 is 0 Å². The van der Waals surface area contributed by atoms with Crippen LogP contribution in [0.4, 0.5) is 9.52 Å². The van der Waals surface area contributed by atoms with Gasteiger partial charge < -0.3 is 5.32 Å². The smallest absolute Gasteiger partial charge is 0.202 e. The largest absolute Gasteiger partial charge is 0.354 e. The van der Waals surface area contributed by atoms with Crippen molar-refractivity contribution in [2.45, 2.75) is 13.0 Å². The van der Waals surface area contributed by atoms with Crippen LogP contribution in [0.1, 0.15) is 18.5 Å². The van der Waals surface area contributed by atoms with Crippen molar-refractivity contribution in [3.05, 3.63) is 42.0 Å². The highest BCUT2D eigenvalue weighted by molar-refractivity contribution is 7.09. The van der Waals surface area contributed by atoms with Gasteiger partial charge in [-0.05, 0) is 24.6 Å². The topological polar surface area (TPSA) is 37.8 Å².